The molecule has 1 saturated heterocycles. The molecule has 1 aliphatic heterocycles. The largest absolute Gasteiger partial charge is 0.496 e. The number of rotatable bonds is 5. The molecule has 23 heavy (non-hydrogen) atoms. The van der Waals surface area contributed by atoms with Crippen LogP contribution in [0.5, 0.6) is 5.75 Å². The molecule has 0 N–H and O–H groups in total. The maximum Gasteiger partial charge on any atom is 0.308 e. The molecule has 1 aromatic rings. The van der Waals surface area contributed by atoms with Gasteiger partial charge in [0, 0.05) is 18.7 Å². The van der Waals surface area contributed by atoms with Gasteiger partial charge in [-0.15, -0.1) is 6.58 Å². The van der Waals surface area contributed by atoms with Gasteiger partial charge in [0.1, 0.15) is 5.75 Å². The highest BCUT2D eigenvalue weighted by Gasteiger charge is 2.28. The lowest BCUT2D eigenvalue weighted by molar-refractivity contribution is -0.146. The minimum Gasteiger partial charge on any atom is -0.496 e. The standard InChI is InChI=1S/C18H23NO4/c1-4-5-14-12-15(6-7-16(14)22-2)17(20)19-10-8-13(9-11-19)18(21)23-3/h4,6-7,12-13H,1,5,8-11H2,2-3H3. The molecule has 0 radical (unpaired) electrons. The summed E-state index contributed by atoms with van der Waals surface area (Å²) in [6, 6.07) is 5.45. The van der Waals surface area contributed by atoms with Crippen LogP contribution in [0.1, 0.15) is 28.8 Å². The molecule has 0 unspecified atom stereocenters. The zero-order valence-electron chi connectivity index (χ0n) is 13.7. The van der Waals surface area contributed by atoms with Gasteiger partial charge in [0.05, 0.1) is 20.1 Å². The van der Waals surface area contributed by atoms with Crippen LogP contribution in [0.15, 0.2) is 30.9 Å². The van der Waals surface area contributed by atoms with E-state index in [0.29, 0.717) is 37.9 Å². The lowest BCUT2D eigenvalue weighted by Crippen LogP contribution is -2.40. The summed E-state index contributed by atoms with van der Waals surface area (Å²) in [6.45, 7) is 4.88. The predicted molar refractivity (Wildman–Crippen MR) is 87.5 cm³/mol. The van der Waals surface area contributed by atoms with E-state index in [2.05, 4.69) is 6.58 Å². The van der Waals surface area contributed by atoms with E-state index in [4.69, 9.17) is 9.47 Å². The Morgan fingerprint density at radius 1 is 1.30 bits per heavy atom. The van der Waals surface area contributed by atoms with Gasteiger partial charge in [0.25, 0.3) is 5.91 Å². The summed E-state index contributed by atoms with van der Waals surface area (Å²) >= 11 is 0. The smallest absolute Gasteiger partial charge is 0.308 e. The normalized spacial score (nSPS) is 15.1. The molecule has 5 heteroatoms. The molecule has 0 atom stereocenters. The molecule has 0 bridgehead atoms. The van der Waals surface area contributed by atoms with Crippen molar-refractivity contribution in [1.82, 2.24) is 4.90 Å². The highest BCUT2D eigenvalue weighted by Crippen LogP contribution is 2.24. The van der Waals surface area contributed by atoms with E-state index in [-0.39, 0.29) is 17.8 Å². The maximum atomic E-state index is 12.6. The lowest BCUT2D eigenvalue weighted by Gasteiger charge is -2.30. The number of allylic oxidation sites excluding steroid dienone is 1. The third-order valence-corrected chi connectivity index (χ3v) is 4.21. The van der Waals surface area contributed by atoms with Crippen LogP contribution in [0.2, 0.25) is 0 Å². The van der Waals surface area contributed by atoms with Gasteiger partial charge in [-0.25, -0.2) is 0 Å². The van der Waals surface area contributed by atoms with E-state index in [1.165, 1.54) is 7.11 Å². The summed E-state index contributed by atoms with van der Waals surface area (Å²) in [5, 5.41) is 0. The van der Waals surface area contributed by atoms with Crippen LogP contribution in [0, 0.1) is 5.92 Å². The van der Waals surface area contributed by atoms with Gasteiger partial charge in [-0.3, -0.25) is 9.59 Å². The van der Waals surface area contributed by atoms with Crippen LogP contribution in [0.25, 0.3) is 0 Å². The topological polar surface area (TPSA) is 55.8 Å². The van der Waals surface area contributed by atoms with Crippen LogP contribution in [0.3, 0.4) is 0 Å². The second-order valence-electron chi connectivity index (χ2n) is 5.61. The lowest BCUT2D eigenvalue weighted by atomic mass is 9.96. The number of ether oxygens (including phenoxy) is 2. The Morgan fingerprint density at radius 2 is 2.00 bits per heavy atom. The summed E-state index contributed by atoms with van der Waals surface area (Å²) in [7, 11) is 3.01. The molecule has 1 amide bonds. The van der Waals surface area contributed by atoms with E-state index in [0.717, 1.165) is 11.3 Å². The Kier molecular flexibility index (Phi) is 5.79. The second kappa shape index (κ2) is 7.81. The number of carbonyl (C=O) groups is 2. The summed E-state index contributed by atoms with van der Waals surface area (Å²) in [5.41, 5.74) is 1.58. The molecule has 0 aliphatic carbocycles. The first-order valence-electron chi connectivity index (χ1n) is 7.75. The number of methoxy groups -OCH3 is 2. The predicted octanol–water partition coefficient (Wildman–Crippen LogP) is 2.45. The quantitative estimate of drug-likeness (QED) is 0.618. The number of likely N-dealkylation sites (tertiary alicyclic amines) is 1. The number of nitrogens with zero attached hydrogens (tertiary/aromatic N) is 1. The number of esters is 1. The third-order valence-electron chi connectivity index (χ3n) is 4.21. The number of amides is 1. The molecule has 1 aliphatic rings. The average Bonchev–Trinajstić information content (AvgIpc) is 2.60. The molecule has 0 aromatic heterocycles. The Morgan fingerprint density at radius 3 is 2.57 bits per heavy atom. The van der Waals surface area contributed by atoms with Crippen molar-refractivity contribution >= 4 is 11.9 Å². The summed E-state index contributed by atoms with van der Waals surface area (Å²) in [5.74, 6) is 0.457. The Balaban J connectivity index is 2.08. The summed E-state index contributed by atoms with van der Waals surface area (Å²) in [4.78, 5) is 26.0. The number of hydrogen-bond donors (Lipinski definition) is 0. The first-order chi connectivity index (χ1) is 11.1. The Labute approximate surface area is 136 Å². The van der Waals surface area contributed by atoms with Crippen molar-refractivity contribution in [3.63, 3.8) is 0 Å². The summed E-state index contributed by atoms with van der Waals surface area (Å²) in [6.07, 6.45) is 3.73. The van der Waals surface area contributed by atoms with Crippen LogP contribution in [-0.4, -0.2) is 44.1 Å². The fraction of sp³-hybridized carbons (Fsp3) is 0.444. The zero-order chi connectivity index (χ0) is 16.8. The monoisotopic (exact) mass is 317 g/mol. The molecule has 5 nitrogen and oxygen atoms in total. The number of piperidine rings is 1. The third kappa shape index (κ3) is 3.92. The molecular formula is C18H23NO4. The maximum absolute atomic E-state index is 12.6. The Hall–Kier alpha value is -2.30. The minimum absolute atomic E-state index is 0.0127. The van der Waals surface area contributed by atoms with Gasteiger partial charge in [-0.05, 0) is 43.0 Å². The van der Waals surface area contributed by atoms with E-state index in [1.807, 2.05) is 12.1 Å². The van der Waals surface area contributed by atoms with Gasteiger partial charge in [0.2, 0.25) is 0 Å². The van der Waals surface area contributed by atoms with Crippen molar-refractivity contribution in [3.8, 4) is 5.75 Å². The molecule has 1 fully saturated rings. The van der Waals surface area contributed by atoms with Crippen LogP contribution in [0.4, 0.5) is 0 Å². The van der Waals surface area contributed by atoms with Crippen molar-refractivity contribution in [1.29, 1.82) is 0 Å². The number of hydrogen-bond acceptors (Lipinski definition) is 4. The molecule has 2 rings (SSSR count). The Bertz CT molecular complexity index is 589. The SMILES string of the molecule is C=CCc1cc(C(=O)N2CCC(C(=O)OC)CC2)ccc1OC. The second-order valence-corrected chi connectivity index (χ2v) is 5.61. The van der Waals surface area contributed by atoms with Crippen molar-refractivity contribution in [3.05, 3.63) is 42.0 Å². The zero-order valence-corrected chi connectivity index (χ0v) is 13.7. The molecule has 0 saturated carbocycles. The van der Waals surface area contributed by atoms with Crippen LogP contribution < -0.4 is 4.74 Å². The van der Waals surface area contributed by atoms with Crippen LogP contribution in [-0.2, 0) is 16.0 Å². The van der Waals surface area contributed by atoms with E-state index >= 15 is 0 Å². The van der Waals surface area contributed by atoms with Gasteiger partial charge in [-0.1, -0.05) is 6.08 Å². The number of carbonyl (C=O) groups excluding carboxylic acids is 2. The molecule has 1 heterocycles. The van der Waals surface area contributed by atoms with E-state index in [1.54, 1.807) is 24.2 Å². The molecular weight excluding hydrogens is 294 g/mol. The van der Waals surface area contributed by atoms with E-state index < -0.39 is 0 Å². The highest BCUT2D eigenvalue weighted by atomic mass is 16.5. The number of benzene rings is 1. The summed E-state index contributed by atoms with van der Waals surface area (Å²) < 4.78 is 10.1. The van der Waals surface area contributed by atoms with Gasteiger partial charge in [-0.2, -0.15) is 0 Å². The van der Waals surface area contributed by atoms with Crippen molar-refractivity contribution in [2.45, 2.75) is 19.3 Å². The fourth-order valence-corrected chi connectivity index (χ4v) is 2.89. The highest BCUT2D eigenvalue weighted by molar-refractivity contribution is 5.94. The minimum atomic E-state index is -0.185. The first kappa shape index (κ1) is 17.1. The molecule has 0 spiro atoms. The van der Waals surface area contributed by atoms with Crippen molar-refractivity contribution in [2.75, 3.05) is 27.3 Å². The molecule has 124 valence electrons. The van der Waals surface area contributed by atoms with Gasteiger partial charge < -0.3 is 14.4 Å². The van der Waals surface area contributed by atoms with Gasteiger partial charge in [0.15, 0.2) is 0 Å². The molecule has 1 aromatic carbocycles. The first-order valence-corrected chi connectivity index (χ1v) is 7.75. The van der Waals surface area contributed by atoms with Crippen molar-refractivity contribution in [2.24, 2.45) is 5.92 Å². The van der Waals surface area contributed by atoms with E-state index in [9.17, 15) is 9.59 Å². The fourth-order valence-electron chi connectivity index (χ4n) is 2.89. The van der Waals surface area contributed by atoms with Crippen LogP contribution >= 0.6 is 0 Å². The van der Waals surface area contributed by atoms with Crippen molar-refractivity contribution < 1.29 is 19.1 Å². The average molecular weight is 317 g/mol. The van der Waals surface area contributed by atoms with Gasteiger partial charge >= 0.3 is 5.97 Å².